The molecular formula is C45H29N3. The van der Waals surface area contributed by atoms with Crippen molar-refractivity contribution in [1.82, 2.24) is 9.55 Å². The molecule has 224 valence electrons. The van der Waals surface area contributed by atoms with Gasteiger partial charge in [0.1, 0.15) is 0 Å². The number of fused-ring (bicyclic) bond motifs is 9. The molecule has 0 atom stereocenters. The van der Waals surface area contributed by atoms with Gasteiger partial charge in [0.15, 0.2) is 0 Å². The minimum Gasteiger partial charge on any atom is -0.309 e. The molecule has 0 saturated carbocycles. The lowest BCUT2D eigenvalue weighted by molar-refractivity contribution is 1.13. The molecule has 0 amide bonds. The number of para-hydroxylation sites is 4. The molecule has 3 nitrogen and oxygen atoms in total. The number of aromatic nitrogens is 2. The molecule has 0 unspecified atom stereocenters. The first-order valence-corrected chi connectivity index (χ1v) is 16.4. The van der Waals surface area contributed by atoms with E-state index in [4.69, 9.17) is 0 Å². The average Bonchev–Trinajstić information content (AvgIpc) is 3.44. The minimum atomic E-state index is 1.13. The highest BCUT2D eigenvalue weighted by Crippen LogP contribution is 2.54. The zero-order valence-electron chi connectivity index (χ0n) is 26.1. The Hall–Kier alpha value is -6.45. The molecule has 0 saturated heterocycles. The van der Waals surface area contributed by atoms with E-state index in [1.54, 1.807) is 0 Å². The summed E-state index contributed by atoms with van der Waals surface area (Å²) in [5.41, 5.74) is 13.1. The molecule has 3 heteroatoms. The zero-order valence-corrected chi connectivity index (χ0v) is 26.1. The fourth-order valence-corrected chi connectivity index (χ4v) is 7.68. The number of benzene rings is 7. The molecule has 0 spiro atoms. The second-order valence-corrected chi connectivity index (χ2v) is 12.4. The summed E-state index contributed by atoms with van der Waals surface area (Å²) < 4.78 is 2.44. The highest BCUT2D eigenvalue weighted by Gasteiger charge is 2.31. The summed E-state index contributed by atoms with van der Waals surface area (Å²) in [6, 6.07) is 59.5. The Labute approximate surface area is 278 Å². The molecule has 1 aliphatic heterocycles. The Balaban J connectivity index is 1.24. The molecule has 10 rings (SSSR count). The number of rotatable bonds is 3. The van der Waals surface area contributed by atoms with Gasteiger partial charge in [0.05, 0.1) is 22.6 Å². The lowest BCUT2D eigenvalue weighted by Gasteiger charge is -2.28. The molecule has 0 aliphatic carbocycles. The monoisotopic (exact) mass is 611 g/mol. The van der Waals surface area contributed by atoms with E-state index >= 15 is 0 Å². The van der Waals surface area contributed by atoms with Gasteiger partial charge in [0.25, 0.3) is 0 Å². The van der Waals surface area contributed by atoms with Gasteiger partial charge in [-0.15, -0.1) is 0 Å². The molecule has 3 heterocycles. The maximum atomic E-state index is 4.35. The van der Waals surface area contributed by atoms with Crippen molar-refractivity contribution in [2.75, 3.05) is 4.90 Å². The molecule has 1 aliphatic rings. The molecule has 0 fully saturated rings. The lowest BCUT2D eigenvalue weighted by Crippen LogP contribution is -2.11. The third kappa shape index (κ3) is 3.98. The molecular weight excluding hydrogens is 583 g/mol. The fourth-order valence-electron chi connectivity index (χ4n) is 7.68. The Kier molecular flexibility index (Phi) is 5.87. The Bertz CT molecular complexity index is 2680. The van der Waals surface area contributed by atoms with Crippen LogP contribution in [0.1, 0.15) is 0 Å². The van der Waals surface area contributed by atoms with Gasteiger partial charge in [0, 0.05) is 51.2 Å². The normalized spacial score (nSPS) is 12.1. The van der Waals surface area contributed by atoms with E-state index in [0.29, 0.717) is 0 Å². The maximum Gasteiger partial charge on any atom is 0.0641 e. The first kappa shape index (κ1) is 26.7. The van der Waals surface area contributed by atoms with Crippen LogP contribution in [0.3, 0.4) is 0 Å². The highest BCUT2D eigenvalue weighted by atomic mass is 15.2. The van der Waals surface area contributed by atoms with Crippen LogP contribution in [0.25, 0.3) is 71.6 Å². The number of hydrogen-bond donors (Lipinski definition) is 0. The standard InChI is InChI=1S/C45H29N3/c1-2-12-34(13-3-1)48-42-19-8-5-15-39(42)44-38-14-4-7-18-41(38)47(43-20-9-6-16-40(43)45(44)48)35-24-23-30-21-22-31(27-33(30)28-35)36-17-10-11-32-29-46-26-25-37(32)36/h1-29H. The van der Waals surface area contributed by atoms with Crippen molar-refractivity contribution >= 4 is 49.5 Å². The van der Waals surface area contributed by atoms with Crippen molar-refractivity contribution in [3.63, 3.8) is 0 Å². The van der Waals surface area contributed by atoms with Crippen molar-refractivity contribution < 1.29 is 0 Å². The minimum absolute atomic E-state index is 1.13. The summed E-state index contributed by atoms with van der Waals surface area (Å²) in [5.74, 6) is 0. The summed E-state index contributed by atoms with van der Waals surface area (Å²) in [5, 5.41) is 6.02. The van der Waals surface area contributed by atoms with Crippen molar-refractivity contribution in [2.24, 2.45) is 0 Å². The summed E-state index contributed by atoms with van der Waals surface area (Å²) in [7, 11) is 0. The number of nitrogens with zero attached hydrogens (tertiary/aromatic N) is 3. The van der Waals surface area contributed by atoms with Gasteiger partial charge < -0.3 is 9.47 Å². The number of hydrogen-bond acceptors (Lipinski definition) is 2. The first-order chi connectivity index (χ1) is 23.8. The molecule has 0 N–H and O–H groups in total. The van der Waals surface area contributed by atoms with E-state index in [2.05, 4.69) is 178 Å². The van der Waals surface area contributed by atoms with E-state index in [1.165, 1.54) is 60.6 Å². The second-order valence-electron chi connectivity index (χ2n) is 12.4. The molecule has 0 radical (unpaired) electrons. The fraction of sp³-hybridized carbons (Fsp3) is 0. The van der Waals surface area contributed by atoms with Gasteiger partial charge in [-0.25, -0.2) is 0 Å². The summed E-state index contributed by atoms with van der Waals surface area (Å²) in [6.45, 7) is 0. The van der Waals surface area contributed by atoms with Crippen LogP contribution in [0, 0.1) is 0 Å². The van der Waals surface area contributed by atoms with Crippen LogP contribution in [-0.4, -0.2) is 9.55 Å². The van der Waals surface area contributed by atoms with Crippen molar-refractivity contribution in [3.8, 4) is 39.2 Å². The van der Waals surface area contributed by atoms with Crippen molar-refractivity contribution in [1.29, 1.82) is 0 Å². The Morgan fingerprint density at radius 2 is 1.17 bits per heavy atom. The van der Waals surface area contributed by atoms with Crippen LogP contribution in [0.4, 0.5) is 17.1 Å². The summed E-state index contributed by atoms with van der Waals surface area (Å²) in [4.78, 5) is 6.80. The van der Waals surface area contributed by atoms with Crippen LogP contribution < -0.4 is 4.90 Å². The third-order valence-electron chi connectivity index (χ3n) is 9.78. The maximum absolute atomic E-state index is 4.35. The van der Waals surface area contributed by atoms with Gasteiger partial charge in [0.2, 0.25) is 0 Å². The van der Waals surface area contributed by atoms with Crippen LogP contribution in [0.2, 0.25) is 0 Å². The van der Waals surface area contributed by atoms with Crippen LogP contribution in [-0.2, 0) is 0 Å². The van der Waals surface area contributed by atoms with E-state index in [1.807, 2.05) is 12.4 Å². The van der Waals surface area contributed by atoms with Gasteiger partial charge in [-0.3, -0.25) is 4.98 Å². The van der Waals surface area contributed by atoms with Crippen LogP contribution in [0.5, 0.6) is 0 Å². The topological polar surface area (TPSA) is 21.1 Å². The van der Waals surface area contributed by atoms with Crippen molar-refractivity contribution in [3.05, 3.63) is 176 Å². The largest absolute Gasteiger partial charge is 0.309 e. The SMILES string of the molecule is c1ccc(-n2c3c(c4ccccc42)-c2ccccc2N(c2ccc4ccc(-c5cccc6cnccc56)cc4c2)c2ccccc2-3)cc1. The van der Waals surface area contributed by atoms with Crippen molar-refractivity contribution in [2.45, 2.75) is 0 Å². The predicted octanol–water partition coefficient (Wildman–Crippen LogP) is 12.1. The predicted molar refractivity (Wildman–Crippen MR) is 201 cm³/mol. The average molecular weight is 612 g/mol. The van der Waals surface area contributed by atoms with Gasteiger partial charge in [-0.2, -0.15) is 0 Å². The van der Waals surface area contributed by atoms with Gasteiger partial charge in [-0.1, -0.05) is 109 Å². The molecule has 0 bridgehead atoms. The smallest absolute Gasteiger partial charge is 0.0641 e. The molecule has 2 aromatic heterocycles. The van der Waals surface area contributed by atoms with E-state index in [-0.39, 0.29) is 0 Å². The number of anilines is 3. The summed E-state index contributed by atoms with van der Waals surface area (Å²) in [6.07, 6.45) is 3.82. The molecule has 48 heavy (non-hydrogen) atoms. The quantitative estimate of drug-likeness (QED) is 0.198. The van der Waals surface area contributed by atoms with Crippen LogP contribution in [0.15, 0.2) is 176 Å². The highest BCUT2D eigenvalue weighted by molar-refractivity contribution is 6.13. The zero-order chi connectivity index (χ0) is 31.6. The Morgan fingerprint density at radius 3 is 2.06 bits per heavy atom. The number of pyridine rings is 1. The van der Waals surface area contributed by atoms with Gasteiger partial charge >= 0.3 is 0 Å². The summed E-state index contributed by atoms with van der Waals surface area (Å²) >= 11 is 0. The third-order valence-corrected chi connectivity index (χ3v) is 9.78. The first-order valence-electron chi connectivity index (χ1n) is 16.4. The lowest BCUT2D eigenvalue weighted by atomic mass is 9.96. The molecule has 9 aromatic rings. The van der Waals surface area contributed by atoms with E-state index in [0.717, 1.165) is 28.1 Å². The van der Waals surface area contributed by atoms with E-state index < -0.39 is 0 Å². The molecule has 7 aromatic carbocycles. The van der Waals surface area contributed by atoms with E-state index in [9.17, 15) is 0 Å². The van der Waals surface area contributed by atoms with Gasteiger partial charge in [-0.05, 0) is 81.9 Å². The Morgan fingerprint density at radius 1 is 0.438 bits per heavy atom. The second kappa shape index (κ2) is 10.5. The van der Waals surface area contributed by atoms with Crippen LogP contribution >= 0.6 is 0 Å².